The second-order valence-electron chi connectivity index (χ2n) is 9.04. The van der Waals surface area contributed by atoms with E-state index in [1.165, 1.54) is 19.2 Å². The van der Waals surface area contributed by atoms with Gasteiger partial charge in [0.1, 0.15) is 17.9 Å². The lowest BCUT2D eigenvalue weighted by Crippen LogP contribution is -2.32. The average molecular weight is 479 g/mol. The number of likely N-dealkylation sites (tertiary alicyclic amines) is 1. The third-order valence-corrected chi connectivity index (χ3v) is 6.64. The van der Waals surface area contributed by atoms with Gasteiger partial charge in [-0.1, -0.05) is 35.9 Å². The van der Waals surface area contributed by atoms with E-state index in [4.69, 9.17) is 16.3 Å². The number of hydrogen-bond acceptors (Lipinski definition) is 5. The Bertz CT molecular complexity index is 1110. The lowest BCUT2D eigenvalue weighted by atomic mass is 9.98. The molecule has 0 unspecified atom stereocenters. The van der Waals surface area contributed by atoms with Crippen LogP contribution in [0.5, 0.6) is 5.75 Å². The van der Waals surface area contributed by atoms with Crippen LogP contribution in [-0.2, 0) is 17.6 Å². The van der Waals surface area contributed by atoms with Gasteiger partial charge in [-0.05, 0) is 80.7 Å². The number of amides is 1. The molecule has 7 heteroatoms. The minimum absolute atomic E-state index is 0.162. The second-order valence-corrected chi connectivity index (χ2v) is 9.44. The molecule has 4 rings (SSSR count). The first-order chi connectivity index (χ1) is 16.5. The summed E-state index contributed by atoms with van der Waals surface area (Å²) in [7, 11) is 2.17. The van der Waals surface area contributed by atoms with Crippen LogP contribution in [0.3, 0.4) is 0 Å². The van der Waals surface area contributed by atoms with Gasteiger partial charge in [-0.25, -0.2) is 9.97 Å². The van der Waals surface area contributed by atoms with Crippen LogP contribution in [0.25, 0.3) is 0 Å². The third kappa shape index (κ3) is 6.78. The quantitative estimate of drug-likeness (QED) is 0.497. The van der Waals surface area contributed by atoms with Gasteiger partial charge in [0.15, 0.2) is 0 Å². The van der Waals surface area contributed by atoms with Crippen LogP contribution in [0.2, 0.25) is 5.02 Å². The smallest absolute Gasteiger partial charge is 0.230 e. The fraction of sp³-hybridized carbons (Fsp3) is 0.370. The van der Waals surface area contributed by atoms with E-state index < -0.39 is 0 Å². The number of aryl methyl sites for hydroxylation is 1. The van der Waals surface area contributed by atoms with Crippen LogP contribution in [0.15, 0.2) is 54.9 Å². The van der Waals surface area contributed by atoms with Crippen molar-refractivity contribution < 1.29 is 9.53 Å². The van der Waals surface area contributed by atoms with Gasteiger partial charge in [0.05, 0.1) is 18.7 Å². The molecule has 2 heterocycles. The zero-order valence-corrected chi connectivity index (χ0v) is 20.5. The summed E-state index contributed by atoms with van der Waals surface area (Å²) in [6, 6.07) is 15.6. The fourth-order valence-corrected chi connectivity index (χ4v) is 4.49. The molecule has 0 radical (unpaired) electrons. The van der Waals surface area contributed by atoms with E-state index in [0.717, 1.165) is 47.8 Å². The van der Waals surface area contributed by atoms with Crippen molar-refractivity contribution in [1.29, 1.82) is 0 Å². The maximum absolute atomic E-state index is 12.6. The number of rotatable bonds is 8. The monoisotopic (exact) mass is 478 g/mol. The van der Waals surface area contributed by atoms with E-state index in [2.05, 4.69) is 39.4 Å². The highest BCUT2D eigenvalue weighted by Crippen LogP contribution is 2.22. The van der Waals surface area contributed by atoms with Gasteiger partial charge in [-0.2, -0.15) is 0 Å². The molecule has 0 aliphatic carbocycles. The first-order valence-corrected chi connectivity index (χ1v) is 12.1. The number of benzene rings is 2. The van der Waals surface area contributed by atoms with Gasteiger partial charge in [-0.3, -0.25) is 4.79 Å². The Balaban J connectivity index is 1.34. The maximum Gasteiger partial charge on any atom is 0.230 e. The van der Waals surface area contributed by atoms with Crippen LogP contribution < -0.4 is 10.1 Å². The molecular formula is C27H31ClN4O2. The third-order valence-electron chi connectivity index (χ3n) is 6.29. The number of aromatic nitrogens is 2. The highest BCUT2D eigenvalue weighted by molar-refractivity contribution is 6.31. The molecule has 1 saturated heterocycles. The predicted molar refractivity (Wildman–Crippen MR) is 136 cm³/mol. The van der Waals surface area contributed by atoms with E-state index in [1.807, 2.05) is 37.3 Å². The molecular weight excluding hydrogens is 448 g/mol. The topological polar surface area (TPSA) is 67.3 Å². The van der Waals surface area contributed by atoms with E-state index in [0.29, 0.717) is 23.2 Å². The first-order valence-electron chi connectivity index (χ1n) is 11.7. The number of nitrogens with zero attached hydrogens (tertiary/aromatic N) is 3. The highest BCUT2D eigenvalue weighted by atomic mass is 35.5. The molecule has 178 valence electrons. The summed E-state index contributed by atoms with van der Waals surface area (Å²) in [5.74, 6) is 1.82. The van der Waals surface area contributed by atoms with Gasteiger partial charge < -0.3 is 15.0 Å². The lowest BCUT2D eigenvalue weighted by Gasteiger charge is -2.28. The number of carbonyl (C=O) groups is 1. The van der Waals surface area contributed by atoms with Crippen LogP contribution in [0, 0.1) is 12.8 Å². The molecule has 0 spiro atoms. The Morgan fingerprint density at radius 1 is 1.15 bits per heavy atom. The summed E-state index contributed by atoms with van der Waals surface area (Å²) >= 11 is 6.26. The molecule has 1 fully saturated rings. The molecule has 3 aromatic rings. The first kappa shape index (κ1) is 24.2. The second kappa shape index (κ2) is 11.4. The highest BCUT2D eigenvalue weighted by Gasteiger charge is 2.17. The number of ether oxygens (including phenoxy) is 1. The number of anilines is 1. The van der Waals surface area contributed by atoms with Crippen molar-refractivity contribution in [3.8, 4) is 5.75 Å². The van der Waals surface area contributed by atoms with Crippen molar-refractivity contribution in [1.82, 2.24) is 14.9 Å². The summed E-state index contributed by atoms with van der Waals surface area (Å²) < 4.78 is 6.09. The van der Waals surface area contributed by atoms with Crippen LogP contribution in [0.1, 0.15) is 35.2 Å². The summed E-state index contributed by atoms with van der Waals surface area (Å²) in [6.07, 6.45) is 4.66. The van der Waals surface area contributed by atoms with E-state index in [1.54, 1.807) is 6.07 Å². The molecule has 1 N–H and O–H groups in total. The molecule has 34 heavy (non-hydrogen) atoms. The SMILES string of the molecule is Cc1cccc(Cl)c1CC(=O)Nc1cc(Cc2cccc(OCC3CCN(C)CC3)c2)ncn1. The summed E-state index contributed by atoms with van der Waals surface area (Å²) in [5, 5.41) is 3.46. The molecule has 1 aliphatic heterocycles. The molecule has 6 nitrogen and oxygen atoms in total. The van der Waals surface area contributed by atoms with Crippen LogP contribution in [0.4, 0.5) is 5.82 Å². The van der Waals surface area contributed by atoms with Gasteiger partial charge in [-0.15, -0.1) is 0 Å². The maximum atomic E-state index is 12.6. The number of carbonyl (C=O) groups excluding carboxylic acids is 1. The minimum Gasteiger partial charge on any atom is -0.493 e. The van der Waals surface area contributed by atoms with Gasteiger partial charge in [0.2, 0.25) is 5.91 Å². The van der Waals surface area contributed by atoms with E-state index in [9.17, 15) is 4.79 Å². The van der Waals surface area contributed by atoms with Crippen LogP contribution in [-0.4, -0.2) is 47.5 Å². The molecule has 1 aromatic heterocycles. The normalized spacial score (nSPS) is 14.7. The predicted octanol–water partition coefficient (Wildman–Crippen LogP) is 4.93. The van der Waals surface area contributed by atoms with Crippen molar-refractivity contribution in [2.45, 2.75) is 32.6 Å². The Kier molecular flexibility index (Phi) is 8.14. The van der Waals surface area contributed by atoms with E-state index in [-0.39, 0.29) is 12.3 Å². The standard InChI is InChI=1S/C27H31ClN4O2/c1-19-5-3-8-25(28)24(19)16-27(33)31-26-15-22(29-18-30-26)13-21-6-4-7-23(14-21)34-17-20-9-11-32(2)12-10-20/h3-8,14-15,18,20H,9-13,16-17H2,1-2H3,(H,29,30,31,33). The van der Waals surface area contributed by atoms with Gasteiger partial charge in [0.25, 0.3) is 0 Å². The van der Waals surface area contributed by atoms with Crippen molar-refractivity contribution in [2.24, 2.45) is 5.92 Å². The summed E-state index contributed by atoms with van der Waals surface area (Å²) in [4.78, 5) is 23.5. The fourth-order valence-electron chi connectivity index (χ4n) is 4.20. The Morgan fingerprint density at radius 2 is 1.94 bits per heavy atom. The molecule has 1 amide bonds. The number of halogens is 1. The number of hydrogen-bond donors (Lipinski definition) is 1. The molecule has 0 atom stereocenters. The van der Waals surface area contributed by atoms with Crippen molar-refractivity contribution >= 4 is 23.3 Å². The van der Waals surface area contributed by atoms with Crippen molar-refractivity contribution in [2.75, 3.05) is 32.1 Å². The Labute approximate surface area is 206 Å². The molecule has 1 aliphatic rings. The summed E-state index contributed by atoms with van der Waals surface area (Å²) in [6.45, 7) is 4.98. The Hall–Kier alpha value is -2.96. The number of piperidine rings is 1. The zero-order valence-electron chi connectivity index (χ0n) is 19.8. The zero-order chi connectivity index (χ0) is 23.9. The minimum atomic E-state index is -0.162. The molecule has 0 bridgehead atoms. The average Bonchev–Trinajstić information content (AvgIpc) is 2.82. The Morgan fingerprint density at radius 3 is 2.74 bits per heavy atom. The van der Waals surface area contributed by atoms with Crippen molar-refractivity contribution in [3.05, 3.63) is 82.3 Å². The van der Waals surface area contributed by atoms with Gasteiger partial charge >= 0.3 is 0 Å². The lowest BCUT2D eigenvalue weighted by molar-refractivity contribution is -0.115. The van der Waals surface area contributed by atoms with Gasteiger partial charge in [0, 0.05) is 17.5 Å². The van der Waals surface area contributed by atoms with Crippen LogP contribution >= 0.6 is 11.6 Å². The molecule has 0 saturated carbocycles. The van der Waals surface area contributed by atoms with Crippen molar-refractivity contribution in [3.63, 3.8) is 0 Å². The largest absolute Gasteiger partial charge is 0.493 e. The number of nitrogens with one attached hydrogen (secondary N) is 1. The summed E-state index contributed by atoms with van der Waals surface area (Å²) in [5.41, 5.74) is 3.74. The molecule has 2 aromatic carbocycles. The van der Waals surface area contributed by atoms with E-state index >= 15 is 0 Å².